The fourth-order valence-electron chi connectivity index (χ4n) is 4.13. The fourth-order valence-corrected chi connectivity index (χ4v) is 4.87. The van der Waals surface area contributed by atoms with Crippen LogP contribution in [0.25, 0.3) is 10.2 Å². The molecule has 100 valence electrons. The van der Waals surface area contributed by atoms with Crippen molar-refractivity contribution in [2.45, 2.75) is 38.6 Å². The van der Waals surface area contributed by atoms with Crippen LogP contribution in [-0.4, -0.2) is 16.0 Å². The molecular formula is C15H19N3S. The maximum atomic E-state index is 4.44. The Morgan fingerprint density at radius 2 is 2.26 bits per heavy atom. The molecule has 2 aliphatic rings. The first kappa shape index (κ1) is 11.6. The average Bonchev–Trinajstić information content (AvgIpc) is 3.14. The normalized spacial score (nSPS) is 30.9. The van der Waals surface area contributed by atoms with E-state index < -0.39 is 0 Å². The first-order valence-electron chi connectivity index (χ1n) is 7.26. The molecule has 2 aromatic rings. The summed E-state index contributed by atoms with van der Waals surface area (Å²) in [4.78, 5) is 9.83. The van der Waals surface area contributed by atoms with Gasteiger partial charge in [0.05, 0.1) is 5.39 Å². The SMILES string of the molecule is C[C@H](Nc1ncnc2sccc12)[C@@H]1C[C@H]2CC[C@H]1C2. The van der Waals surface area contributed by atoms with Crippen LogP contribution in [0.5, 0.6) is 0 Å². The third-order valence-corrected chi connectivity index (χ3v) is 5.88. The Hall–Kier alpha value is -1.16. The summed E-state index contributed by atoms with van der Waals surface area (Å²) in [5.74, 6) is 3.81. The van der Waals surface area contributed by atoms with Gasteiger partial charge in [0.1, 0.15) is 17.0 Å². The van der Waals surface area contributed by atoms with Crippen molar-refractivity contribution in [3.8, 4) is 0 Å². The zero-order chi connectivity index (χ0) is 12.8. The van der Waals surface area contributed by atoms with Gasteiger partial charge in [-0.05, 0) is 55.4 Å². The van der Waals surface area contributed by atoms with Gasteiger partial charge in [0.25, 0.3) is 0 Å². The summed E-state index contributed by atoms with van der Waals surface area (Å²) in [6, 6.07) is 2.64. The smallest absolute Gasteiger partial charge is 0.138 e. The molecular weight excluding hydrogens is 254 g/mol. The van der Waals surface area contributed by atoms with Crippen molar-refractivity contribution in [2.75, 3.05) is 5.32 Å². The molecule has 0 spiro atoms. The molecule has 2 aliphatic carbocycles. The average molecular weight is 273 g/mol. The van der Waals surface area contributed by atoms with Gasteiger partial charge in [0.2, 0.25) is 0 Å². The zero-order valence-electron chi connectivity index (χ0n) is 11.2. The molecule has 2 fully saturated rings. The minimum Gasteiger partial charge on any atom is -0.367 e. The van der Waals surface area contributed by atoms with E-state index in [4.69, 9.17) is 0 Å². The number of thiophene rings is 1. The summed E-state index contributed by atoms with van der Waals surface area (Å²) in [5, 5.41) is 6.91. The molecule has 2 aromatic heterocycles. The van der Waals surface area contributed by atoms with Crippen molar-refractivity contribution in [2.24, 2.45) is 17.8 Å². The van der Waals surface area contributed by atoms with Gasteiger partial charge in [-0.15, -0.1) is 11.3 Å². The largest absolute Gasteiger partial charge is 0.367 e. The first-order chi connectivity index (χ1) is 9.31. The summed E-state index contributed by atoms with van der Waals surface area (Å²) < 4.78 is 0. The Bertz CT molecular complexity index is 594. The second-order valence-electron chi connectivity index (χ2n) is 6.13. The Morgan fingerprint density at radius 1 is 1.32 bits per heavy atom. The standard InChI is InChI=1S/C15H19N3S/c1-9(13-7-10-2-3-11(13)6-10)18-14-12-4-5-19-15(12)17-8-16-14/h4-5,8-11,13H,2-3,6-7H2,1H3,(H,16,17,18)/t9-,10-,11-,13-/m0/s1. The van der Waals surface area contributed by atoms with E-state index in [1.807, 2.05) is 0 Å². The van der Waals surface area contributed by atoms with Crippen LogP contribution < -0.4 is 5.32 Å². The molecule has 0 aliphatic heterocycles. The molecule has 0 aromatic carbocycles. The van der Waals surface area contributed by atoms with Crippen molar-refractivity contribution in [3.05, 3.63) is 17.8 Å². The molecule has 1 N–H and O–H groups in total. The molecule has 0 saturated heterocycles. The molecule has 2 heterocycles. The summed E-state index contributed by atoms with van der Waals surface area (Å²) in [7, 11) is 0. The summed E-state index contributed by atoms with van der Waals surface area (Å²) in [5.41, 5.74) is 0. The Balaban J connectivity index is 1.56. The monoisotopic (exact) mass is 273 g/mol. The van der Waals surface area contributed by atoms with E-state index in [1.54, 1.807) is 17.7 Å². The van der Waals surface area contributed by atoms with Gasteiger partial charge in [-0.1, -0.05) is 6.42 Å². The van der Waals surface area contributed by atoms with E-state index in [-0.39, 0.29) is 0 Å². The quantitative estimate of drug-likeness (QED) is 0.920. The molecule has 3 nitrogen and oxygen atoms in total. The number of fused-ring (bicyclic) bond motifs is 3. The Kier molecular flexibility index (Phi) is 2.72. The maximum Gasteiger partial charge on any atom is 0.138 e. The predicted octanol–water partition coefficient (Wildman–Crippen LogP) is 3.93. The van der Waals surface area contributed by atoms with Crippen LogP contribution in [0.3, 0.4) is 0 Å². The van der Waals surface area contributed by atoms with Gasteiger partial charge in [0, 0.05) is 6.04 Å². The van der Waals surface area contributed by atoms with Crippen LogP contribution in [0.2, 0.25) is 0 Å². The van der Waals surface area contributed by atoms with Crippen LogP contribution in [0.1, 0.15) is 32.6 Å². The highest BCUT2D eigenvalue weighted by atomic mass is 32.1. The lowest BCUT2D eigenvalue weighted by molar-refractivity contribution is 0.304. The van der Waals surface area contributed by atoms with E-state index in [0.717, 1.165) is 28.4 Å². The molecule has 2 saturated carbocycles. The lowest BCUT2D eigenvalue weighted by atomic mass is 9.84. The van der Waals surface area contributed by atoms with Crippen molar-refractivity contribution < 1.29 is 0 Å². The first-order valence-corrected chi connectivity index (χ1v) is 8.14. The Labute approximate surface area is 117 Å². The van der Waals surface area contributed by atoms with Crippen LogP contribution >= 0.6 is 11.3 Å². The van der Waals surface area contributed by atoms with Gasteiger partial charge in [-0.25, -0.2) is 9.97 Å². The molecule has 0 radical (unpaired) electrons. The molecule has 19 heavy (non-hydrogen) atoms. The van der Waals surface area contributed by atoms with E-state index in [2.05, 4.69) is 33.7 Å². The van der Waals surface area contributed by atoms with Crippen LogP contribution in [0.4, 0.5) is 5.82 Å². The maximum absolute atomic E-state index is 4.44. The number of anilines is 1. The third-order valence-electron chi connectivity index (χ3n) is 5.06. The lowest BCUT2D eigenvalue weighted by Crippen LogP contribution is -2.30. The van der Waals surface area contributed by atoms with Crippen LogP contribution in [-0.2, 0) is 0 Å². The number of nitrogens with zero attached hydrogens (tertiary/aromatic N) is 2. The van der Waals surface area contributed by atoms with E-state index in [1.165, 1.54) is 31.1 Å². The highest BCUT2D eigenvalue weighted by Crippen LogP contribution is 2.49. The van der Waals surface area contributed by atoms with E-state index >= 15 is 0 Å². The minimum atomic E-state index is 0.522. The van der Waals surface area contributed by atoms with Gasteiger partial charge in [-0.3, -0.25) is 0 Å². The molecule has 0 unspecified atom stereocenters. The van der Waals surface area contributed by atoms with Gasteiger partial charge >= 0.3 is 0 Å². The topological polar surface area (TPSA) is 37.8 Å². The van der Waals surface area contributed by atoms with Crippen molar-refractivity contribution in [1.82, 2.24) is 9.97 Å². The number of aromatic nitrogens is 2. The molecule has 2 bridgehead atoms. The van der Waals surface area contributed by atoms with Gasteiger partial charge in [0.15, 0.2) is 0 Å². The van der Waals surface area contributed by atoms with E-state index in [0.29, 0.717) is 6.04 Å². The summed E-state index contributed by atoms with van der Waals surface area (Å²) in [6.07, 6.45) is 7.47. The zero-order valence-corrected chi connectivity index (χ0v) is 12.0. The van der Waals surface area contributed by atoms with Crippen LogP contribution in [0, 0.1) is 17.8 Å². The highest BCUT2D eigenvalue weighted by molar-refractivity contribution is 7.16. The predicted molar refractivity (Wildman–Crippen MR) is 79.4 cm³/mol. The van der Waals surface area contributed by atoms with Crippen molar-refractivity contribution >= 4 is 27.4 Å². The number of hydrogen-bond acceptors (Lipinski definition) is 4. The molecule has 0 amide bonds. The molecule has 4 rings (SSSR count). The second kappa shape index (κ2) is 4.44. The summed E-state index contributed by atoms with van der Waals surface area (Å²) in [6.45, 7) is 2.33. The van der Waals surface area contributed by atoms with Gasteiger partial charge < -0.3 is 5.32 Å². The van der Waals surface area contributed by atoms with Crippen LogP contribution in [0.15, 0.2) is 17.8 Å². The number of nitrogens with one attached hydrogen (secondary N) is 1. The highest BCUT2D eigenvalue weighted by Gasteiger charge is 2.41. The van der Waals surface area contributed by atoms with Gasteiger partial charge in [-0.2, -0.15) is 0 Å². The molecule has 4 heteroatoms. The molecule has 4 atom stereocenters. The number of rotatable bonds is 3. The van der Waals surface area contributed by atoms with Crippen molar-refractivity contribution in [3.63, 3.8) is 0 Å². The van der Waals surface area contributed by atoms with Crippen molar-refractivity contribution in [1.29, 1.82) is 0 Å². The van der Waals surface area contributed by atoms with E-state index in [9.17, 15) is 0 Å². The summed E-state index contributed by atoms with van der Waals surface area (Å²) >= 11 is 1.68. The Morgan fingerprint density at radius 3 is 3.05 bits per heavy atom. The third kappa shape index (κ3) is 1.93. The lowest BCUT2D eigenvalue weighted by Gasteiger charge is -2.29. The minimum absolute atomic E-state index is 0.522. The second-order valence-corrected chi connectivity index (χ2v) is 7.03. The fraction of sp³-hybridized carbons (Fsp3) is 0.600. The number of hydrogen-bond donors (Lipinski definition) is 1.